The molecule has 1 aromatic rings. The van der Waals surface area contributed by atoms with E-state index in [9.17, 15) is 18.0 Å². The highest BCUT2D eigenvalue weighted by Crippen LogP contribution is 2.30. The van der Waals surface area contributed by atoms with Crippen LogP contribution in [-0.4, -0.2) is 31.5 Å². The summed E-state index contributed by atoms with van der Waals surface area (Å²) in [6, 6.07) is 1.08. The fraction of sp³-hybridized carbons (Fsp3) is 0.400. The average molecular weight is 300 g/mol. The third-order valence-electron chi connectivity index (χ3n) is 1.98. The van der Waals surface area contributed by atoms with Crippen molar-refractivity contribution in [3.63, 3.8) is 0 Å². The van der Waals surface area contributed by atoms with Crippen LogP contribution in [-0.2, 0) is 10.6 Å². The number of ether oxygens (including phenoxy) is 3. The Balaban J connectivity index is 3.35. The lowest BCUT2D eigenvalue weighted by molar-refractivity contribution is -0.276. The van der Waals surface area contributed by atoms with E-state index in [4.69, 9.17) is 16.3 Å². The molecule has 0 unspecified atom stereocenters. The van der Waals surface area contributed by atoms with Gasteiger partial charge in [0.2, 0.25) is 11.8 Å². The standard InChI is InChI=1S/C10H9ClF3NO4/c1-17-7-5(4-11)3-6(9(16)18-2)8(15-7)19-10(12,13)14/h3H,4H2,1-2H3. The molecule has 0 aliphatic rings. The Bertz CT molecular complexity index is 479. The van der Waals surface area contributed by atoms with Gasteiger partial charge in [0.15, 0.2) is 0 Å². The molecular weight excluding hydrogens is 291 g/mol. The van der Waals surface area contributed by atoms with Gasteiger partial charge in [-0.3, -0.25) is 0 Å². The summed E-state index contributed by atoms with van der Waals surface area (Å²) in [4.78, 5) is 14.9. The number of alkyl halides is 4. The van der Waals surface area contributed by atoms with Crippen molar-refractivity contribution in [2.24, 2.45) is 0 Å². The molecule has 1 aromatic heterocycles. The number of esters is 1. The van der Waals surface area contributed by atoms with Crippen molar-refractivity contribution in [2.45, 2.75) is 12.2 Å². The summed E-state index contributed by atoms with van der Waals surface area (Å²) in [6.07, 6.45) is -5.00. The van der Waals surface area contributed by atoms with E-state index in [1.807, 2.05) is 0 Å². The van der Waals surface area contributed by atoms with E-state index < -0.39 is 23.8 Å². The number of methoxy groups -OCH3 is 2. The lowest BCUT2D eigenvalue weighted by atomic mass is 10.2. The predicted molar refractivity (Wildman–Crippen MR) is 58.4 cm³/mol. The summed E-state index contributed by atoms with van der Waals surface area (Å²) in [7, 11) is 2.22. The number of hydrogen-bond donors (Lipinski definition) is 0. The molecule has 0 fully saturated rings. The molecule has 0 amide bonds. The minimum atomic E-state index is -5.00. The van der Waals surface area contributed by atoms with Gasteiger partial charge in [0, 0.05) is 5.56 Å². The molecule has 1 rings (SSSR count). The van der Waals surface area contributed by atoms with Crippen molar-refractivity contribution >= 4 is 17.6 Å². The average Bonchev–Trinajstić information content (AvgIpc) is 2.35. The van der Waals surface area contributed by atoms with Gasteiger partial charge >= 0.3 is 12.3 Å². The molecular formula is C10H9ClF3NO4. The molecule has 0 atom stereocenters. The smallest absolute Gasteiger partial charge is 0.481 e. The summed E-state index contributed by atoms with van der Waals surface area (Å²) in [5, 5.41) is 0. The zero-order chi connectivity index (χ0) is 14.6. The van der Waals surface area contributed by atoms with Gasteiger partial charge in [0.1, 0.15) is 5.56 Å². The van der Waals surface area contributed by atoms with Crippen molar-refractivity contribution in [1.82, 2.24) is 4.98 Å². The van der Waals surface area contributed by atoms with Crippen LogP contribution in [0.3, 0.4) is 0 Å². The van der Waals surface area contributed by atoms with Crippen LogP contribution < -0.4 is 9.47 Å². The minimum Gasteiger partial charge on any atom is -0.481 e. The van der Waals surface area contributed by atoms with Crippen LogP contribution in [0, 0.1) is 0 Å². The first-order valence-electron chi connectivity index (χ1n) is 4.80. The molecule has 0 aromatic carbocycles. The van der Waals surface area contributed by atoms with Crippen LogP contribution in [0.15, 0.2) is 6.07 Å². The molecule has 0 radical (unpaired) electrons. The first kappa shape index (κ1) is 15.4. The second kappa shape index (κ2) is 5.96. The lowest BCUT2D eigenvalue weighted by Crippen LogP contribution is -2.21. The summed E-state index contributed by atoms with van der Waals surface area (Å²) in [5.74, 6) is -2.25. The molecule has 0 aliphatic heterocycles. The number of carbonyl (C=O) groups is 1. The van der Waals surface area contributed by atoms with Crippen molar-refractivity contribution in [2.75, 3.05) is 14.2 Å². The number of rotatable bonds is 4. The van der Waals surface area contributed by atoms with Crippen LogP contribution in [0.2, 0.25) is 0 Å². The first-order chi connectivity index (χ1) is 8.82. The Morgan fingerprint density at radius 1 is 1.37 bits per heavy atom. The van der Waals surface area contributed by atoms with Crippen LogP contribution in [0.4, 0.5) is 13.2 Å². The van der Waals surface area contributed by atoms with E-state index in [2.05, 4.69) is 14.5 Å². The normalized spacial score (nSPS) is 11.1. The molecule has 0 saturated heterocycles. The molecule has 0 aliphatic carbocycles. The predicted octanol–water partition coefficient (Wildman–Crippen LogP) is 2.51. The molecule has 0 saturated carbocycles. The van der Waals surface area contributed by atoms with E-state index >= 15 is 0 Å². The van der Waals surface area contributed by atoms with Gasteiger partial charge in [0.05, 0.1) is 20.1 Å². The summed E-state index contributed by atoms with van der Waals surface area (Å²) in [6.45, 7) is 0. The van der Waals surface area contributed by atoms with Crippen molar-refractivity contribution in [3.8, 4) is 11.8 Å². The number of pyridine rings is 1. The minimum absolute atomic E-state index is 0.105. The van der Waals surface area contributed by atoms with Crippen LogP contribution >= 0.6 is 11.6 Å². The quantitative estimate of drug-likeness (QED) is 0.631. The van der Waals surface area contributed by atoms with Gasteiger partial charge in [-0.1, -0.05) is 0 Å². The molecule has 5 nitrogen and oxygen atoms in total. The van der Waals surface area contributed by atoms with E-state index in [1.54, 1.807) is 0 Å². The first-order valence-corrected chi connectivity index (χ1v) is 5.33. The number of nitrogens with zero attached hydrogens (tertiary/aromatic N) is 1. The Labute approximate surface area is 111 Å². The van der Waals surface area contributed by atoms with Gasteiger partial charge < -0.3 is 14.2 Å². The highest BCUT2D eigenvalue weighted by Gasteiger charge is 2.35. The third kappa shape index (κ3) is 3.88. The molecule has 0 spiro atoms. The number of carbonyl (C=O) groups excluding carboxylic acids is 1. The maximum atomic E-state index is 12.2. The van der Waals surface area contributed by atoms with Crippen molar-refractivity contribution in [1.29, 1.82) is 0 Å². The Morgan fingerprint density at radius 2 is 2.00 bits per heavy atom. The van der Waals surface area contributed by atoms with E-state index in [-0.39, 0.29) is 17.3 Å². The zero-order valence-electron chi connectivity index (χ0n) is 9.88. The largest absolute Gasteiger partial charge is 0.574 e. The highest BCUT2D eigenvalue weighted by atomic mass is 35.5. The third-order valence-corrected chi connectivity index (χ3v) is 2.27. The number of aromatic nitrogens is 1. The Kier molecular flexibility index (Phi) is 4.82. The maximum Gasteiger partial charge on any atom is 0.574 e. The molecule has 1 heterocycles. The van der Waals surface area contributed by atoms with Gasteiger partial charge in [0.25, 0.3) is 0 Å². The lowest BCUT2D eigenvalue weighted by Gasteiger charge is -2.14. The van der Waals surface area contributed by atoms with Gasteiger partial charge in [-0.2, -0.15) is 4.98 Å². The summed E-state index contributed by atoms with van der Waals surface area (Å²) >= 11 is 5.58. The highest BCUT2D eigenvalue weighted by molar-refractivity contribution is 6.17. The fourth-order valence-corrected chi connectivity index (χ4v) is 1.43. The topological polar surface area (TPSA) is 57.7 Å². The molecule has 19 heavy (non-hydrogen) atoms. The molecule has 0 bridgehead atoms. The summed E-state index contributed by atoms with van der Waals surface area (Å²) in [5.41, 5.74) is -0.254. The van der Waals surface area contributed by atoms with Gasteiger partial charge in [-0.05, 0) is 6.07 Å². The number of halogens is 4. The Hall–Kier alpha value is -1.70. The SMILES string of the molecule is COC(=O)c1cc(CCl)c(OC)nc1OC(F)(F)F. The number of hydrogen-bond acceptors (Lipinski definition) is 5. The van der Waals surface area contributed by atoms with Gasteiger partial charge in [-0.25, -0.2) is 4.79 Å². The zero-order valence-corrected chi connectivity index (χ0v) is 10.6. The van der Waals surface area contributed by atoms with Crippen LogP contribution in [0.1, 0.15) is 15.9 Å². The van der Waals surface area contributed by atoms with Crippen molar-refractivity contribution in [3.05, 3.63) is 17.2 Å². The van der Waals surface area contributed by atoms with Crippen LogP contribution in [0.25, 0.3) is 0 Å². The second-order valence-corrected chi connectivity index (χ2v) is 3.45. The molecule has 106 valence electrons. The van der Waals surface area contributed by atoms with E-state index in [1.165, 1.54) is 7.11 Å². The molecule has 9 heteroatoms. The summed E-state index contributed by atoms with van der Waals surface area (Å²) < 4.78 is 49.5. The maximum absolute atomic E-state index is 12.2. The van der Waals surface area contributed by atoms with Crippen LogP contribution in [0.5, 0.6) is 11.8 Å². The van der Waals surface area contributed by atoms with E-state index in [0.29, 0.717) is 0 Å². The van der Waals surface area contributed by atoms with Crippen molar-refractivity contribution < 1.29 is 32.2 Å². The Morgan fingerprint density at radius 3 is 2.42 bits per heavy atom. The van der Waals surface area contributed by atoms with Gasteiger partial charge in [-0.15, -0.1) is 24.8 Å². The molecule has 0 N–H and O–H groups in total. The fourth-order valence-electron chi connectivity index (χ4n) is 1.24. The monoisotopic (exact) mass is 299 g/mol. The second-order valence-electron chi connectivity index (χ2n) is 3.18. The van der Waals surface area contributed by atoms with E-state index in [0.717, 1.165) is 13.2 Å².